The Bertz CT molecular complexity index is 743. The second kappa shape index (κ2) is 8.47. The maximum Gasteiger partial charge on any atom is 0.264 e. The standard InChI is InChI=1S/C20H25N3O2S/c1-3-15-6-8-16(9-7-15)17-13-21-10-11-23(17)19(24)14-22(2)20(25)18-5-4-12-26-18/h4-9,12,17,21H,3,10-11,13-14H2,1-2H3. The van der Waals surface area contributed by atoms with E-state index in [4.69, 9.17) is 0 Å². The highest BCUT2D eigenvalue weighted by atomic mass is 32.1. The molecule has 1 saturated heterocycles. The number of carbonyl (C=O) groups excluding carboxylic acids is 2. The Labute approximate surface area is 158 Å². The highest BCUT2D eigenvalue weighted by Gasteiger charge is 2.29. The van der Waals surface area contributed by atoms with E-state index in [1.807, 2.05) is 16.3 Å². The second-order valence-corrected chi connectivity index (χ2v) is 7.49. The van der Waals surface area contributed by atoms with Crippen LogP contribution in [-0.2, 0) is 11.2 Å². The molecule has 26 heavy (non-hydrogen) atoms. The first-order valence-corrected chi connectivity index (χ1v) is 9.86. The summed E-state index contributed by atoms with van der Waals surface area (Å²) in [5.74, 6) is -0.115. The summed E-state index contributed by atoms with van der Waals surface area (Å²) in [4.78, 5) is 29.4. The predicted molar refractivity (Wildman–Crippen MR) is 104 cm³/mol. The van der Waals surface area contributed by atoms with E-state index in [0.717, 1.165) is 25.1 Å². The predicted octanol–water partition coefficient (Wildman–Crippen LogP) is 2.56. The SMILES string of the molecule is CCc1ccc(C2CNCCN2C(=O)CN(C)C(=O)c2cccs2)cc1. The van der Waals surface area contributed by atoms with E-state index in [1.165, 1.54) is 21.8 Å². The van der Waals surface area contributed by atoms with Gasteiger partial charge in [0.1, 0.15) is 0 Å². The van der Waals surface area contributed by atoms with Gasteiger partial charge in [-0.1, -0.05) is 37.3 Å². The number of likely N-dealkylation sites (N-methyl/N-ethyl adjacent to an activating group) is 1. The van der Waals surface area contributed by atoms with Crippen LogP contribution in [0.3, 0.4) is 0 Å². The fraction of sp³-hybridized carbons (Fsp3) is 0.400. The van der Waals surface area contributed by atoms with Gasteiger partial charge < -0.3 is 15.1 Å². The minimum atomic E-state index is -0.104. The van der Waals surface area contributed by atoms with Crippen molar-refractivity contribution in [3.8, 4) is 0 Å². The number of nitrogens with one attached hydrogen (secondary N) is 1. The summed E-state index contributed by atoms with van der Waals surface area (Å²) in [6.07, 6.45) is 1.00. The number of aryl methyl sites for hydroxylation is 1. The summed E-state index contributed by atoms with van der Waals surface area (Å²) in [7, 11) is 1.69. The number of thiophene rings is 1. The maximum atomic E-state index is 12.9. The molecule has 6 heteroatoms. The molecule has 1 aromatic heterocycles. The van der Waals surface area contributed by atoms with Gasteiger partial charge in [-0.25, -0.2) is 0 Å². The molecule has 0 aliphatic carbocycles. The van der Waals surface area contributed by atoms with Gasteiger partial charge in [0.25, 0.3) is 5.91 Å². The van der Waals surface area contributed by atoms with Gasteiger partial charge in [0.15, 0.2) is 0 Å². The summed E-state index contributed by atoms with van der Waals surface area (Å²) >= 11 is 1.40. The third-order valence-electron chi connectivity index (χ3n) is 4.79. The average Bonchev–Trinajstić information content (AvgIpc) is 3.22. The molecule has 1 unspecified atom stereocenters. The molecule has 5 nitrogen and oxygen atoms in total. The third-order valence-corrected chi connectivity index (χ3v) is 5.65. The molecule has 2 heterocycles. The number of benzene rings is 1. The van der Waals surface area contributed by atoms with Crippen LogP contribution >= 0.6 is 11.3 Å². The molecule has 138 valence electrons. The normalized spacial score (nSPS) is 17.2. The zero-order valence-corrected chi connectivity index (χ0v) is 16.1. The summed E-state index contributed by atoms with van der Waals surface area (Å²) in [5.41, 5.74) is 2.42. The van der Waals surface area contributed by atoms with Crippen LogP contribution in [0.5, 0.6) is 0 Å². The van der Waals surface area contributed by atoms with E-state index in [9.17, 15) is 9.59 Å². The van der Waals surface area contributed by atoms with E-state index < -0.39 is 0 Å². The van der Waals surface area contributed by atoms with Gasteiger partial charge in [-0.15, -0.1) is 11.3 Å². The van der Waals surface area contributed by atoms with E-state index in [2.05, 4.69) is 36.5 Å². The topological polar surface area (TPSA) is 52.7 Å². The van der Waals surface area contributed by atoms with Crippen molar-refractivity contribution >= 4 is 23.2 Å². The number of hydrogen-bond donors (Lipinski definition) is 1. The van der Waals surface area contributed by atoms with Crippen molar-refractivity contribution in [1.29, 1.82) is 0 Å². The van der Waals surface area contributed by atoms with Gasteiger partial charge >= 0.3 is 0 Å². The molecule has 0 spiro atoms. The highest BCUT2D eigenvalue weighted by molar-refractivity contribution is 7.12. The Kier molecular flexibility index (Phi) is 6.06. The van der Waals surface area contributed by atoms with Crippen molar-refractivity contribution < 1.29 is 9.59 Å². The first-order chi connectivity index (χ1) is 12.6. The average molecular weight is 372 g/mol. The van der Waals surface area contributed by atoms with Gasteiger partial charge in [-0.05, 0) is 29.0 Å². The number of piperazine rings is 1. The van der Waals surface area contributed by atoms with Crippen LogP contribution in [0.15, 0.2) is 41.8 Å². The fourth-order valence-electron chi connectivity index (χ4n) is 3.23. The van der Waals surface area contributed by atoms with Crippen LogP contribution in [-0.4, -0.2) is 54.8 Å². The largest absolute Gasteiger partial charge is 0.332 e. The molecular weight excluding hydrogens is 346 g/mol. The Hall–Kier alpha value is -2.18. The monoisotopic (exact) mass is 371 g/mol. The Morgan fingerprint density at radius 3 is 2.69 bits per heavy atom. The minimum absolute atomic E-state index is 0.00685. The number of hydrogen-bond acceptors (Lipinski definition) is 4. The molecule has 2 amide bonds. The van der Waals surface area contributed by atoms with Crippen molar-refractivity contribution in [2.75, 3.05) is 33.2 Å². The third kappa shape index (κ3) is 4.14. The molecule has 1 N–H and O–H groups in total. The number of carbonyl (C=O) groups is 2. The zero-order valence-electron chi connectivity index (χ0n) is 15.3. The van der Waals surface area contributed by atoms with Crippen LogP contribution in [0.1, 0.15) is 33.8 Å². The minimum Gasteiger partial charge on any atom is -0.332 e. The van der Waals surface area contributed by atoms with E-state index in [-0.39, 0.29) is 24.4 Å². The number of amides is 2. The molecule has 1 aliphatic rings. The van der Waals surface area contributed by atoms with Crippen LogP contribution in [0.4, 0.5) is 0 Å². The molecule has 0 saturated carbocycles. The van der Waals surface area contributed by atoms with Crippen LogP contribution < -0.4 is 5.32 Å². The molecule has 1 aliphatic heterocycles. The first-order valence-electron chi connectivity index (χ1n) is 8.98. The molecular formula is C20H25N3O2S. The summed E-state index contributed by atoms with van der Waals surface area (Å²) in [5, 5.41) is 5.24. The zero-order chi connectivity index (χ0) is 18.5. The van der Waals surface area contributed by atoms with E-state index in [1.54, 1.807) is 13.1 Å². The smallest absolute Gasteiger partial charge is 0.264 e. The van der Waals surface area contributed by atoms with Crippen LogP contribution in [0.25, 0.3) is 0 Å². The lowest BCUT2D eigenvalue weighted by atomic mass is 10.0. The lowest BCUT2D eigenvalue weighted by molar-refractivity contribution is -0.135. The van der Waals surface area contributed by atoms with Gasteiger partial charge in [-0.2, -0.15) is 0 Å². The van der Waals surface area contributed by atoms with Crippen molar-refractivity contribution in [3.05, 3.63) is 57.8 Å². The maximum absolute atomic E-state index is 12.9. The van der Waals surface area contributed by atoms with Gasteiger partial charge in [0.05, 0.1) is 17.5 Å². The Morgan fingerprint density at radius 1 is 1.27 bits per heavy atom. The van der Waals surface area contributed by atoms with Crippen LogP contribution in [0, 0.1) is 0 Å². The molecule has 0 bridgehead atoms. The molecule has 1 atom stereocenters. The number of nitrogens with zero attached hydrogens (tertiary/aromatic N) is 2. The van der Waals surface area contributed by atoms with Crippen molar-refractivity contribution in [3.63, 3.8) is 0 Å². The van der Waals surface area contributed by atoms with Crippen molar-refractivity contribution in [2.45, 2.75) is 19.4 Å². The summed E-state index contributed by atoms with van der Waals surface area (Å²) < 4.78 is 0. The second-order valence-electron chi connectivity index (χ2n) is 6.54. The van der Waals surface area contributed by atoms with Crippen molar-refractivity contribution in [1.82, 2.24) is 15.1 Å². The quantitative estimate of drug-likeness (QED) is 0.879. The molecule has 1 aromatic carbocycles. The lowest BCUT2D eigenvalue weighted by Crippen LogP contribution is -2.51. The van der Waals surface area contributed by atoms with E-state index in [0.29, 0.717) is 11.4 Å². The fourth-order valence-corrected chi connectivity index (χ4v) is 3.95. The van der Waals surface area contributed by atoms with Gasteiger partial charge in [0.2, 0.25) is 5.91 Å². The summed E-state index contributed by atoms with van der Waals surface area (Å²) in [6.45, 7) is 4.39. The number of rotatable bonds is 5. The van der Waals surface area contributed by atoms with Crippen molar-refractivity contribution in [2.24, 2.45) is 0 Å². The van der Waals surface area contributed by atoms with E-state index >= 15 is 0 Å². The summed E-state index contributed by atoms with van der Waals surface area (Å²) in [6, 6.07) is 12.1. The van der Waals surface area contributed by atoms with Crippen LogP contribution in [0.2, 0.25) is 0 Å². The highest BCUT2D eigenvalue weighted by Crippen LogP contribution is 2.23. The Balaban J connectivity index is 1.70. The first kappa shape index (κ1) is 18.6. The molecule has 0 radical (unpaired) electrons. The molecule has 3 rings (SSSR count). The molecule has 2 aromatic rings. The van der Waals surface area contributed by atoms with Gasteiger partial charge in [0, 0.05) is 26.7 Å². The van der Waals surface area contributed by atoms with Gasteiger partial charge in [-0.3, -0.25) is 9.59 Å². The lowest BCUT2D eigenvalue weighted by Gasteiger charge is -2.37. The Morgan fingerprint density at radius 2 is 2.04 bits per heavy atom. The molecule has 1 fully saturated rings.